The molecule has 2 amide bonds. The summed E-state index contributed by atoms with van der Waals surface area (Å²) in [5, 5.41) is 6.44. The maximum Gasteiger partial charge on any atom is 0.261 e. The summed E-state index contributed by atoms with van der Waals surface area (Å²) < 4.78 is 2.22. The lowest BCUT2D eigenvalue weighted by Crippen LogP contribution is -2.43. The van der Waals surface area contributed by atoms with Crippen molar-refractivity contribution in [2.45, 2.75) is 26.8 Å². The van der Waals surface area contributed by atoms with Gasteiger partial charge in [-0.2, -0.15) is 0 Å². The Labute approximate surface area is 187 Å². The molecule has 0 bridgehead atoms. The number of benzene rings is 2. The van der Waals surface area contributed by atoms with Gasteiger partial charge in [0.15, 0.2) is 5.96 Å². The number of imide groups is 1. The molecule has 0 saturated carbocycles. The fraction of sp³-hybridized carbons (Fsp3) is 0.333. The van der Waals surface area contributed by atoms with Gasteiger partial charge in [0.1, 0.15) is 5.82 Å². The highest BCUT2D eigenvalue weighted by molar-refractivity contribution is 6.21. The van der Waals surface area contributed by atoms with Gasteiger partial charge in [0.25, 0.3) is 11.8 Å². The Morgan fingerprint density at radius 2 is 1.66 bits per heavy atom. The van der Waals surface area contributed by atoms with Gasteiger partial charge in [0.2, 0.25) is 0 Å². The number of carbonyl (C=O) groups excluding carboxylic acids is 2. The fourth-order valence-electron chi connectivity index (χ4n) is 3.97. The average Bonchev–Trinajstić information content (AvgIpc) is 3.25. The maximum absolute atomic E-state index is 12.5. The lowest BCUT2D eigenvalue weighted by molar-refractivity contribution is 0.0657. The quantitative estimate of drug-likeness (QED) is 0.247. The molecule has 1 aliphatic rings. The zero-order valence-corrected chi connectivity index (χ0v) is 18.5. The first kappa shape index (κ1) is 21.5. The Bertz CT molecular complexity index is 1130. The molecule has 2 heterocycles. The average molecular weight is 433 g/mol. The number of fused-ring (bicyclic) bond motifs is 2. The molecule has 0 saturated heterocycles. The molecule has 1 aliphatic heterocycles. The van der Waals surface area contributed by atoms with E-state index >= 15 is 0 Å². The summed E-state index contributed by atoms with van der Waals surface area (Å²) in [5.41, 5.74) is 3.09. The largest absolute Gasteiger partial charge is 0.357 e. The number of amides is 2. The minimum Gasteiger partial charge on any atom is -0.357 e. The number of hydrogen-bond donors (Lipinski definition) is 2. The van der Waals surface area contributed by atoms with Crippen molar-refractivity contribution in [2.75, 3.05) is 26.2 Å². The molecule has 3 aromatic rings. The van der Waals surface area contributed by atoms with Gasteiger partial charge in [0.05, 0.1) is 22.2 Å². The van der Waals surface area contributed by atoms with Crippen molar-refractivity contribution in [3.63, 3.8) is 0 Å². The number of nitrogens with one attached hydrogen (secondary N) is 2. The first-order valence-corrected chi connectivity index (χ1v) is 11.0. The van der Waals surface area contributed by atoms with E-state index in [2.05, 4.69) is 31.2 Å². The minimum atomic E-state index is -0.239. The first-order chi connectivity index (χ1) is 15.6. The number of carbonyl (C=O) groups is 2. The van der Waals surface area contributed by atoms with Crippen LogP contribution in [0, 0.1) is 6.92 Å². The van der Waals surface area contributed by atoms with Crippen LogP contribution in [0.1, 0.15) is 39.9 Å². The van der Waals surface area contributed by atoms with Crippen molar-refractivity contribution in [3.8, 4) is 0 Å². The molecule has 2 N–H and O–H groups in total. The molecule has 0 fully saturated rings. The molecule has 166 valence electrons. The fourth-order valence-corrected chi connectivity index (χ4v) is 3.97. The SMILES string of the molecule is CCNC(=NCCCn1c(C)nc2ccccc21)NCCN1C(=O)c2ccccc2C1=O. The molecule has 1 aromatic heterocycles. The van der Waals surface area contributed by atoms with Crippen molar-refractivity contribution < 1.29 is 9.59 Å². The third-order valence-electron chi connectivity index (χ3n) is 5.51. The summed E-state index contributed by atoms with van der Waals surface area (Å²) in [6.45, 7) is 6.96. The molecule has 0 atom stereocenters. The van der Waals surface area contributed by atoms with Crippen molar-refractivity contribution >= 4 is 28.8 Å². The maximum atomic E-state index is 12.5. The summed E-state index contributed by atoms with van der Waals surface area (Å²) in [4.78, 5) is 35.5. The standard InChI is InChI=1S/C24H28N6O2/c1-3-25-24(26-13-8-15-29-17(2)28-20-11-6-7-12-21(20)29)27-14-16-30-22(31)18-9-4-5-10-19(18)23(30)32/h4-7,9-12H,3,8,13-16H2,1-2H3,(H2,25,26,27). The van der Waals surface area contributed by atoms with E-state index in [1.807, 2.05) is 32.0 Å². The Morgan fingerprint density at radius 3 is 2.38 bits per heavy atom. The van der Waals surface area contributed by atoms with Crippen LogP contribution in [0.3, 0.4) is 0 Å². The molecule has 2 aromatic carbocycles. The Morgan fingerprint density at radius 1 is 0.969 bits per heavy atom. The second kappa shape index (κ2) is 9.64. The van der Waals surface area contributed by atoms with Gasteiger partial charge < -0.3 is 15.2 Å². The van der Waals surface area contributed by atoms with E-state index in [0.717, 1.165) is 36.4 Å². The summed E-state index contributed by atoms with van der Waals surface area (Å²) in [7, 11) is 0. The predicted molar refractivity (Wildman–Crippen MR) is 125 cm³/mol. The zero-order valence-electron chi connectivity index (χ0n) is 18.5. The number of aliphatic imine (C=N–C) groups is 1. The van der Waals surface area contributed by atoms with E-state index in [1.165, 1.54) is 4.90 Å². The van der Waals surface area contributed by atoms with Crippen LogP contribution in [0.5, 0.6) is 0 Å². The van der Waals surface area contributed by atoms with Crippen LogP contribution < -0.4 is 10.6 Å². The third-order valence-corrected chi connectivity index (χ3v) is 5.51. The van der Waals surface area contributed by atoms with Crippen LogP contribution in [0.25, 0.3) is 11.0 Å². The van der Waals surface area contributed by atoms with Gasteiger partial charge in [-0.1, -0.05) is 24.3 Å². The summed E-state index contributed by atoms with van der Waals surface area (Å²) in [5.74, 6) is 1.20. The Kier molecular flexibility index (Phi) is 6.49. The summed E-state index contributed by atoms with van der Waals surface area (Å²) in [6, 6.07) is 15.1. The molecule has 0 radical (unpaired) electrons. The van der Waals surface area contributed by atoms with E-state index < -0.39 is 0 Å². The molecular weight excluding hydrogens is 404 g/mol. The molecule has 32 heavy (non-hydrogen) atoms. The van der Waals surface area contributed by atoms with Crippen LogP contribution in [0.4, 0.5) is 0 Å². The second-order valence-corrected chi connectivity index (χ2v) is 7.65. The number of para-hydroxylation sites is 2. The number of nitrogens with zero attached hydrogens (tertiary/aromatic N) is 4. The van der Waals surface area contributed by atoms with E-state index in [-0.39, 0.29) is 18.4 Å². The van der Waals surface area contributed by atoms with Gasteiger partial charge in [-0.15, -0.1) is 0 Å². The molecule has 0 unspecified atom stereocenters. The van der Waals surface area contributed by atoms with Gasteiger partial charge in [0, 0.05) is 32.7 Å². The van der Waals surface area contributed by atoms with Gasteiger partial charge in [-0.25, -0.2) is 4.98 Å². The normalized spacial score (nSPS) is 13.7. The number of aromatic nitrogens is 2. The van der Waals surface area contributed by atoms with E-state index in [9.17, 15) is 9.59 Å². The van der Waals surface area contributed by atoms with Crippen LogP contribution in [-0.2, 0) is 6.54 Å². The molecule has 0 aliphatic carbocycles. The Hall–Kier alpha value is -3.68. The van der Waals surface area contributed by atoms with E-state index in [1.54, 1.807) is 24.3 Å². The van der Waals surface area contributed by atoms with Crippen molar-refractivity contribution in [3.05, 3.63) is 65.5 Å². The van der Waals surface area contributed by atoms with Gasteiger partial charge in [-0.3, -0.25) is 19.5 Å². The van der Waals surface area contributed by atoms with Gasteiger partial charge in [-0.05, 0) is 44.5 Å². The Balaban J connectivity index is 1.29. The number of hydrogen-bond acceptors (Lipinski definition) is 4. The van der Waals surface area contributed by atoms with Crippen LogP contribution >= 0.6 is 0 Å². The third kappa shape index (κ3) is 4.34. The van der Waals surface area contributed by atoms with Crippen LogP contribution in [0.15, 0.2) is 53.5 Å². The first-order valence-electron chi connectivity index (χ1n) is 11.0. The molecule has 8 nitrogen and oxygen atoms in total. The second-order valence-electron chi connectivity index (χ2n) is 7.65. The van der Waals surface area contributed by atoms with Crippen LogP contribution in [-0.4, -0.2) is 58.4 Å². The number of guanidine groups is 1. The van der Waals surface area contributed by atoms with Crippen molar-refractivity contribution in [1.82, 2.24) is 25.1 Å². The van der Waals surface area contributed by atoms with Gasteiger partial charge >= 0.3 is 0 Å². The number of aryl methyl sites for hydroxylation is 2. The lowest BCUT2D eigenvalue weighted by atomic mass is 10.1. The smallest absolute Gasteiger partial charge is 0.261 e. The van der Waals surface area contributed by atoms with E-state index in [4.69, 9.17) is 0 Å². The van der Waals surface area contributed by atoms with Crippen molar-refractivity contribution in [1.29, 1.82) is 0 Å². The topological polar surface area (TPSA) is 91.6 Å². The van der Waals surface area contributed by atoms with Crippen molar-refractivity contribution in [2.24, 2.45) is 4.99 Å². The molecule has 4 rings (SSSR count). The zero-order chi connectivity index (χ0) is 22.5. The predicted octanol–water partition coefficient (Wildman–Crippen LogP) is 2.59. The highest BCUT2D eigenvalue weighted by Crippen LogP contribution is 2.21. The molecule has 8 heteroatoms. The highest BCUT2D eigenvalue weighted by Gasteiger charge is 2.34. The molecule has 0 spiro atoms. The highest BCUT2D eigenvalue weighted by atomic mass is 16.2. The lowest BCUT2D eigenvalue weighted by Gasteiger charge is -2.16. The summed E-state index contributed by atoms with van der Waals surface area (Å²) >= 11 is 0. The van der Waals surface area contributed by atoms with E-state index in [0.29, 0.717) is 30.2 Å². The summed E-state index contributed by atoms with van der Waals surface area (Å²) in [6.07, 6.45) is 0.871. The monoisotopic (exact) mass is 432 g/mol. The number of imidazole rings is 1. The van der Waals surface area contributed by atoms with Crippen LogP contribution in [0.2, 0.25) is 0 Å². The number of rotatable bonds is 8. The molecular formula is C24H28N6O2. The minimum absolute atomic E-state index is 0.239.